The highest BCUT2D eigenvalue weighted by Gasteiger charge is 2.46. The van der Waals surface area contributed by atoms with Crippen LogP contribution in [-0.2, 0) is 9.59 Å². The van der Waals surface area contributed by atoms with Crippen molar-refractivity contribution in [3.05, 3.63) is 0 Å². The first-order valence-electron chi connectivity index (χ1n) is 2.17. The Hall–Kier alpha value is -0.840. The summed E-state index contributed by atoms with van der Waals surface area (Å²) in [6, 6.07) is 0. The molecule has 0 bridgehead atoms. The summed E-state index contributed by atoms with van der Waals surface area (Å²) >= 11 is 4.76. The number of hydrogen-bond donors (Lipinski definition) is 2. The van der Waals surface area contributed by atoms with Crippen LogP contribution in [0, 0.1) is 0 Å². The van der Waals surface area contributed by atoms with Crippen LogP contribution >= 0.6 is 11.6 Å². The zero-order chi connectivity index (χ0) is 8.36. The minimum Gasteiger partial charge on any atom is -0.478 e. The second-order valence-corrected chi connectivity index (χ2v) is 1.81. The van der Waals surface area contributed by atoms with Gasteiger partial charge in [0.1, 0.15) is 0 Å². The van der Waals surface area contributed by atoms with Gasteiger partial charge >= 0.3 is 17.6 Å². The first kappa shape index (κ1) is 9.16. The quantitative estimate of drug-likeness (QED) is 0.466. The van der Waals surface area contributed by atoms with Crippen LogP contribution in [-0.4, -0.2) is 33.7 Å². The van der Waals surface area contributed by atoms with Gasteiger partial charge in [0.15, 0.2) is 0 Å². The number of aliphatic carboxylic acids is 2. The number of carbonyl (C=O) groups is 2. The molecule has 0 atom stereocenters. The first-order valence-corrected chi connectivity index (χ1v) is 2.70. The van der Waals surface area contributed by atoms with Crippen molar-refractivity contribution in [3.8, 4) is 0 Å². The highest BCUT2D eigenvalue weighted by molar-refractivity contribution is 6.23. The maximum Gasteiger partial charge on any atom is 0.354 e. The SMILES string of the molecule is O=C(O)C(F)(CCl)C(=O)O. The molecule has 0 spiro atoms. The average Bonchev–Trinajstić information content (AvgIpc) is 1.85. The zero-order valence-corrected chi connectivity index (χ0v) is 5.43. The van der Waals surface area contributed by atoms with Crippen molar-refractivity contribution in [1.29, 1.82) is 0 Å². The maximum absolute atomic E-state index is 12.4. The fourth-order valence-corrected chi connectivity index (χ4v) is 0.434. The average molecular weight is 171 g/mol. The molecule has 0 aromatic rings. The predicted octanol–water partition coefficient (Wildman–Crippen LogP) is 0.103. The lowest BCUT2D eigenvalue weighted by molar-refractivity contribution is -0.164. The van der Waals surface area contributed by atoms with E-state index in [9.17, 15) is 14.0 Å². The minimum atomic E-state index is -3.36. The topological polar surface area (TPSA) is 74.6 Å². The molecule has 0 radical (unpaired) electrons. The molecule has 0 aromatic carbocycles. The smallest absolute Gasteiger partial charge is 0.354 e. The van der Waals surface area contributed by atoms with Crippen LogP contribution in [0.2, 0.25) is 0 Å². The minimum absolute atomic E-state index is 1.10. The van der Waals surface area contributed by atoms with Crippen LogP contribution in [0.3, 0.4) is 0 Å². The normalized spacial score (nSPS) is 11.0. The van der Waals surface area contributed by atoms with Crippen molar-refractivity contribution in [1.82, 2.24) is 0 Å². The summed E-state index contributed by atoms with van der Waals surface area (Å²) in [5.41, 5.74) is -3.36. The van der Waals surface area contributed by atoms with E-state index in [1.807, 2.05) is 0 Å². The lowest BCUT2D eigenvalue weighted by Crippen LogP contribution is -2.43. The largest absolute Gasteiger partial charge is 0.478 e. The van der Waals surface area contributed by atoms with Gasteiger partial charge in [0.2, 0.25) is 0 Å². The molecular formula is C4H4ClFO4. The van der Waals surface area contributed by atoms with Gasteiger partial charge in [-0.1, -0.05) is 0 Å². The molecule has 0 rings (SSSR count). The van der Waals surface area contributed by atoms with Gasteiger partial charge in [0.05, 0.1) is 5.88 Å². The molecule has 0 unspecified atom stereocenters. The molecule has 0 aliphatic rings. The summed E-state index contributed by atoms with van der Waals surface area (Å²) in [5, 5.41) is 15.9. The third-order valence-electron chi connectivity index (χ3n) is 0.862. The maximum atomic E-state index is 12.4. The fourth-order valence-electron chi connectivity index (χ4n) is 0.206. The van der Waals surface area contributed by atoms with Crippen molar-refractivity contribution in [3.63, 3.8) is 0 Å². The predicted molar refractivity (Wildman–Crippen MR) is 29.8 cm³/mol. The molecule has 0 aliphatic carbocycles. The van der Waals surface area contributed by atoms with Gasteiger partial charge in [0.25, 0.3) is 0 Å². The van der Waals surface area contributed by atoms with E-state index in [0.717, 1.165) is 0 Å². The van der Waals surface area contributed by atoms with E-state index < -0.39 is 23.5 Å². The van der Waals surface area contributed by atoms with Crippen LogP contribution < -0.4 is 0 Å². The number of alkyl halides is 2. The van der Waals surface area contributed by atoms with Crippen LogP contribution in [0.15, 0.2) is 0 Å². The monoisotopic (exact) mass is 170 g/mol. The van der Waals surface area contributed by atoms with E-state index in [4.69, 9.17) is 21.8 Å². The van der Waals surface area contributed by atoms with E-state index in [1.54, 1.807) is 0 Å². The van der Waals surface area contributed by atoms with Gasteiger partial charge in [-0.3, -0.25) is 0 Å². The molecule has 10 heavy (non-hydrogen) atoms. The Labute approximate surface area is 60.2 Å². The van der Waals surface area contributed by atoms with Gasteiger partial charge in [-0.2, -0.15) is 0 Å². The number of carboxylic acids is 2. The summed E-state index contributed by atoms with van der Waals surface area (Å²) in [6.45, 7) is 0. The van der Waals surface area contributed by atoms with Crippen molar-refractivity contribution < 1.29 is 24.2 Å². The number of carboxylic acid groups (broad SMARTS) is 2. The molecule has 0 aliphatic heterocycles. The number of hydrogen-bond acceptors (Lipinski definition) is 2. The Morgan fingerprint density at radius 2 is 1.70 bits per heavy atom. The molecule has 0 aromatic heterocycles. The van der Waals surface area contributed by atoms with Crippen LogP contribution in [0.4, 0.5) is 4.39 Å². The number of rotatable bonds is 3. The van der Waals surface area contributed by atoms with Crippen molar-refractivity contribution >= 4 is 23.5 Å². The molecule has 6 heteroatoms. The summed E-state index contributed by atoms with van der Waals surface area (Å²) in [5.74, 6) is -5.28. The second kappa shape index (κ2) is 2.83. The van der Waals surface area contributed by atoms with Crippen LogP contribution in [0.25, 0.3) is 0 Å². The molecule has 0 amide bonds. The molecule has 0 saturated heterocycles. The van der Waals surface area contributed by atoms with Gasteiger partial charge < -0.3 is 10.2 Å². The standard InChI is InChI=1S/C4H4ClFO4/c5-1-4(6,2(7)8)3(9)10/h1H2,(H,7,8)(H,9,10). The van der Waals surface area contributed by atoms with Gasteiger partial charge in [-0.05, 0) is 0 Å². The number of halogens is 2. The van der Waals surface area contributed by atoms with Crippen molar-refractivity contribution in [2.75, 3.05) is 5.88 Å². The fraction of sp³-hybridized carbons (Fsp3) is 0.500. The summed E-state index contributed by atoms with van der Waals surface area (Å²) in [7, 11) is 0. The van der Waals surface area contributed by atoms with E-state index in [1.165, 1.54) is 0 Å². The highest BCUT2D eigenvalue weighted by atomic mass is 35.5. The van der Waals surface area contributed by atoms with Gasteiger partial charge in [0, 0.05) is 0 Å². The third-order valence-corrected chi connectivity index (χ3v) is 1.23. The van der Waals surface area contributed by atoms with E-state index in [-0.39, 0.29) is 0 Å². The van der Waals surface area contributed by atoms with Gasteiger partial charge in [-0.15, -0.1) is 11.6 Å². The van der Waals surface area contributed by atoms with E-state index in [0.29, 0.717) is 0 Å². The molecule has 0 fully saturated rings. The molecule has 2 N–H and O–H groups in total. The Bertz CT molecular complexity index is 155. The molecule has 4 nitrogen and oxygen atoms in total. The second-order valence-electron chi connectivity index (χ2n) is 1.55. The molecule has 0 heterocycles. The van der Waals surface area contributed by atoms with Crippen LogP contribution in [0.1, 0.15) is 0 Å². The molecule has 0 saturated carbocycles. The van der Waals surface area contributed by atoms with Crippen LogP contribution in [0.5, 0.6) is 0 Å². The first-order chi connectivity index (χ1) is 4.45. The van der Waals surface area contributed by atoms with E-state index >= 15 is 0 Å². The summed E-state index contributed by atoms with van der Waals surface area (Å²) in [6.07, 6.45) is 0. The van der Waals surface area contributed by atoms with Gasteiger partial charge in [-0.25, -0.2) is 14.0 Å². The highest BCUT2D eigenvalue weighted by Crippen LogP contribution is 2.13. The van der Waals surface area contributed by atoms with Crippen molar-refractivity contribution in [2.45, 2.75) is 5.67 Å². The third kappa shape index (κ3) is 1.36. The molecular weight excluding hydrogens is 166 g/mol. The Morgan fingerprint density at radius 3 is 1.70 bits per heavy atom. The summed E-state index contributed by atoms with van der Waals surface area (Å²) < 4.78 is 12.4. The van der Waals surface area contributed by atoms with Crippen molar-refractivity contribution in [2.24, 2.45) is 0 Å². The zero-order valence-electron chi connectivity index (χ0n) is 4.67. The lowest BCUT2D eigenvalue weighted by Gasteiger charge is -2.10. The molecule has 58 valence electrons. The Balaban J connectivity index is 4.55. The van der Waals surface area contributed by atoms with E-state index in [2.05, 4.69) is 0 Å². The lowest BCUT2D eigenvalue weighted by atomic mass is 10.1. The summed E-state index contributed by atoms with van der Waals surface area (Å²) in [4.78, 5) is 19.7. The Morgan fingerprint density at radius 1 is 1.40 bits per heavy atom. The Kier molecular flexibility index (Phi) is 2.59.